The van der Waals surface area contributed by atoms with E-state index in [9.17, 15) is 9.59 Å². The fourth-order valence-electron chi connectivity index (χ4n) is 6.33. The van der Waals surface area contributed by atoms with Crippen LogP contribution in [0.3, 0.4) is 0 Å². The van der Waals surface area contributed by atoms with Crippen LogP contribution in [0.1, 0.15) is 117 Å². The molecule has 0 unspecified atom stereocenters. The zero-order chi connectivity index (χ0) is 22.8. The Morgan fingerprint density at radius 2 is 1.31 bits per heavy atom. The first-order valence-corrected chi connectivity index (χ1v) is 13.6. The molecule has 3 fully saturated rings. The largest absolute Gasteiger partial charge is 0.462 e. The lowest BCUT2D eigenvalue weighted by Crippen LogP contribution is -2.33. The molecule has 3 aliphatic rings. The molecule has 0 bridgehead atoms. The van der Waals surface area contributed by atoms with E-state index < -0.39 is 0 Å². The Morgan fingerprint density at radius 1 is 0.750 bits per heavy atom. The van der Waals surface area contributed by atoms with Gasteiger partial charge in [-0.3, -0.25) is 4.79 Å². The third kappa shape index (κ3) is 7.92. The molecule has 0 atom stereocenters. The highest BCUT2D eigenvalue weighted by atomic mass is 16.5. The van der Waals surface area contributed by atoms with E-state index in [1.165, 1.54) is 44.6 Å². The lowest BCUT2D eigenvalue weighted by atomic mass is 9.70. The van der Waals surface area contributed by atoms with Crippen molar-refractivity contribution in [3.63, 3.8) is 0 Å². The Kier molecular flexibility index (Phi) is 10.6. The summed E-state index contributed by atoms with van der Waals surface area (Å²) in [6.07, 6.45) is 22.0. The maximum atomic E-state index is 12.8. The summed E-state index contributed by atoms with van der Waals surface area (Å²) in [6.45, 7) is 4.10. The van der Waals surface area contributed by atoms with E-state index in [1.807, 2.05) is 6.92 Å². The van der Waals surface area contributed by atoms with Gasteiger partial charge >= 0.3 is 11.9 Å². The molecule has 32 heavy (non-hydrogen) atoms. The highest BCUT2D eigenvalue weighted by molar-refractivity contribution is 5.81. The SMILES string of the molecule is CC=CC(=O)OC1CCC(C2CCC(C(=O)OC3CCC(CCCCC)CC3)CC2)CC1. The lowest BCUT2D eigenvalue weighted by molar-refractivity contribution is -0.157. The number of esters is 2. The standard InChI is InChI=1S/C28H46O4/c1-3-5-6-8-21-9-17-26(18-10-21)32-28(30)24-13-11-22(12-14-24)23-15-19-25(20-16-23)31-27(29)7-4-2/h4,7,21-26H,3,5-6,8-20H2,1-2H3. The van der Waals surface area contributed by atoms with E-state index >= 15 is 0 Å². The van der Waals surface area contributed by atoms with Crippen LogP contribution >= 0.6 is 0 Å². The van der Waals surface area contributed by atoms with E-state index in [1.54, 1.807) is 6.08 Å². The van der Waals surface area contributed by atoms with Gasteiger partial charge in [0.15, 0.2) is 0 Å². The minimum atomic E-state index is -0.208. The number of hydrogen-bond donors (Lipinski definition) is 0. The molecule has 4 heteroatoms. The van der Waals surface area contributed by atoms with E-state index in [2.05, 4.69) is 6.92 Å². The Labute approximate surface area is 195 Å². The summed E-state index contributed by atoms with van der Waals surface area (Å²) in [7, 11) is 0. The maximum Gasteiger partial charge on any atom is 0.330 e. The first-order valence-electron chi connectivity index (χ1n) is 13.6. The van der Waals surface area contributed by atoms with Gasteiger partial charge in [0.05, 0.1) is 5.92 Å². The molecule has 182 valence electrons. The molecule has 0 saturated heterocycles. The summed E-state index contributed by atoms with van der Waals surface area (Å²) in [4.78, 5) is 24.4. The van der Waals surface area contributed by atoms with Gasteiger partial charge in [-0.15, -0.1) is 0 Å². The van der Waals surface area contributed by atoms with Crippen molar-refractivity contribution in [2.45, 2.75) is 129 Å². The smallest absolute Gasteiger partial charge is 0.330 e. The predicted octanol–water partition coefficient (Wildman–Crippen LogP) is 7.15. The third-order valence-electron chi connectivity index (χ3n) is 8.37. The second kappa shape index (κ2) is 13.4. The molecule has 3 saturated carbocycles. The molecule has 0 heterocycles. The topological polar surface area (TPSA) is 52.6 Å². The van der Waals surface area contributed by atoms with Crippen molar-refractivity contribution < 1.29 is 19.1 Å². The predicted molar refractivity (Wildman–Crippen MR) is 128 cm³/mol. The van der Waals surface area contributed by atoms with Gasteiger partial charge in [-0.2, -0.15) is 0 Å². The van der Waals surface area contributed by atoms with Gasteiger partial charge in [0, 0.05) is 6.08 Å². The minimum Gasteiger partial charge on any atom is -0.462 e. The van der Waals surface area contributed by atoms with Crippen LogP contribution in [0, 0.1) is 23.7 Å². The van der Waals surface area contributed by atoms with Crippen LogP contribution in [0.5, 0.6) is 0 Å². The number of rotatable bonds is 9. The summed E-state index contributed by atoms with van der Waals surface area (Å²) in [5.74, 6) is 2.30. The van der Waals surface area contributed by atoms with E-state index in [0.717, 1.165) is 82.0 Å². The first kappa shape index (κ1) is 25.3. The van der Waals surface area contributed by atoms with Crippen LogP contribution in [-0.4, -0.2) is 24.1 Å². The van der Waals surface area contributed by atoms with Crippen molar-refractivity contribution in [3.8, 4) is 0 Å². The molecule has 0 spiro atoms. The van der Waals surface area contributed by atoms with Crippen molar-refractivity contribution in [1.29, 1.82) is 0 Å². The van der Waals surface area contributed by atoms with Crippen molar-refractivity contribution >= 4 is 11.9 Å². The molecule has 0 aromatic heterocycles. The Morgan fingerprint density at radius 3 is 1.91 bits per heavy atom. The van der Waals surface area contributed by atoms with Gasteiger partial charge in [-0.1, -0.05) is 38.7 Å². The molecule has 3 rings (SSSR count). The van der Waals surface area contributed by atoms with Crippen LogP contribution in [0.2, 0.25) is 0 Å². The van der Waals surface area contributed by atoms with Gasteiger partial charge in [-0.05, 0) is 102 Å². The molecule has 0 N–H and O–H groups in total. The fraction of sp³-hybridized carbons (Fsp3) is 0.857. The second-order valence-corrected chi connectivity index (χ2v) is 10.7. The van der Waals surface area contributed by atoms with E-state index in [-0.39, 0.29) is 30.1 Å². The van der Waals surface area contributed by atoms with Crippen molar-refractivity contribution in [2.24, 2.45) is 23.7 Å². The molecular formula is C28H46O4. The van der Waals surface area contributed by atoms with Gasteiger partial charge in [0.25, 0.3) is 0 Å². The van der Waals surface area contributed by atoms with Crippen LogP contribution in [0.25, 0.3) is 0 Å². The van der Waals surface area contributed by atoms with Crippen LogP contribution in [0.15, 0.2) is 12.2 Å². The number of hydrogen-bond acceptors (Lipinski definition) is 4. The molecule has 0 aromatic carbocycles. The molecule has 4 nitrogen and oxygen atoms in total. The highest BCUT2D eigenvalue weighted by Crippen LogP contribution is 2.41. The molecular weight excluding hydrogens is 400 g/mol. The number of ether oxygens (including phenoxy) is 2. The Balaban J connectivity index is 1.30. The van der Waals surface area contributed by atoms with Gasteiger partial charge in [-0.25, -0.2) is 4.79 Å². The zero-order valence-electron chi connectivity index (χ0n) is 20.6. The summed E-state index contributed by atoms with van der Waals surface area (Å²) < 4.78 is 11.5. The Bertz CT molecular complexity index is 589. The van der Waals surface area contributed by atoms with Gasteiger partial charge < -0.3 is 9.47 Å². The number of carbonyl (C=O) groups excluding carboxylic acids is 2. The monoisotopic (exact) mass is 446 g/mol. The van der Waals surface area contributed by atoms with Crippen LogP contribution < -0.4 is 0 Å². The quantitative estimate of drug-likeness (QED) is 0.214. The maximum absolute atomic E-state index is 12.8. The first-order chi connectivity index (χ1) is 15.6. The Hall–Kier alpha value is -1.32. The average molecular weight is 447 g/mol. The van der Waals surface area contributed by atoms with E-state index in [0.29, 0.717) is 0 Å². The molecule has 0 radical (unpaired) electrons. The van der Waals surface area contributed by atoms with Crippen LogP contribution in [-0.2, 0) is 19.1 Å². The van der Waals surface area contributed by atoms with Crippen molar-refractivity contribution in [3.05, 3.63) is 12.2 Å². The summed E-state index contributed by atoms with van der Waals surface area (Å²) in [5, 5.41) is 0. The number of unbranched alkanes of at least 4 members (excludes halogenated alkanes) is 2. The minimum absolute atomic E-state index is 0.0810. The fourth-order valence-corrected chi connectivity index (χ4v) is 6.33. The normalized spacial score (nSPS) is 33.7. The number of allylic oxidation sites excluding steroid dienone is 1. The molecule has 0 aromatic rings. The van der Waals surface area contributed by atoms with Gasteiger partial charge in [0.1, 0.15) is 12.2 Å². The third-order valence-corrected chi connectivity index (χ3v) is 8.37. The highest BCUT2D eigenvalue weighted by Gasteiger charge is 2.35. The average Bonchev–Trinajstić information content (AvgIpc) is 2.81. The number of carbonyl (C=O) groups is 2. The van der Waals surface area contributed by atoms with E-state index in [4.69, 9.17) is 9.47 Å². The zero-order valence-corrected chi connectivity index (χ0v) is 20.6. The second-order valence-electron chi connectivity index (χ2n) is 10.7. The molecule has 0 amide bonds. The molecule has 0 aliphatic heterocycles. The summed E-state index contributed by atoms with van der Waals surface area (Å²) >= 11 is 0. The van der Waals surface area contributed by atoms with Crippen LogP contribution in [0.4, 0.5) is 0 Å². The van der Waals surface area contributed by atoms with Crippen molar-refractivity contribution in [1.82, 2.24) is 0 Å². The summed E-state index contributed by atoms with van der Waals surface area (Å²) in [5.41, 5.74) is 0. The van der Waals surface area contributed by atoms with Gasteiger partial charge in [0.2, 0.25) is 0 Å². The molecule has 3 aliphatic carbocycles. The lowest BCUT2D eigenvalue weighted by Gasteiger charge is -2.37. The van der Waals surface area contributed by atoms with Crippen molar-refractivity contribution in [2.75, 3.05) is 0 Å². The summed E-state index contributed by atoms with van der Waals surface area (Å²) in [6, 6.07) is 0.